The summed E-state index contributed by atoms with van der Waals surface area (Å²) < 4.78 is 5.11. The molecule has 1 saturated heterocycles. The topological polar surface area (TPSA) is 58.6 Å². The first-order valence-electron chi connectivity index (χ1n) is 8.33. The molecule has 1 heterocycles. The van der Waals surface area contributed by atoms with Gasteiger partial charge in [-0.3, -0.25) is 14.5 Å². The Bertz CT molecular complexity index is 367. The van der Waals surface area contributed by atoms with Gasteiger partial charge in [-0.1, -0.05) is 12.8 Å². The Labute approximate surface area is 127 Å². The van der Waals surface area contributed by atoms with Gasteiger partial charge in [0.05, 0.1) is 18.6 Å². The van der Waals surface area contributed by atoms with E-state index in [1.54, 1.807) is 0 Å². The minimum atomic E-state index is -0.164. The van der Waals surface area contributed by atoms with Gasteiger partial charge >= 0.3 is 5.97 Å². The first kappa shape index (κ1) is 16.3. The molecule has 2 rings (SSSR count). The quantitative estimate of drug-likeness (QED) is 0.785. The summed E-state index contributed by atoms with van der Waals surface area (Å²) in [6.07, 6.45) is 6.45. The van der Waals surface area contributed by atoms with E-state index >= 15 is 0 Å². The predicted octanol–water partition coefficient (Wildman–Crippen LogP) is 1.71. The molecule has 1 aliphatic heterocycles. The standard InChI is InChI=1S/C16H28N2O3/c1-3-21-16(20)13-7-6-10-18(11-13)12(2)15(19)17-14-8-4-5-9-14/h12-14H,3-11H2,1-2H3,(H,17,19)/t12?,13-/m1/s1. The van der Waals surface area contributed by atoms with Gasteiger partial charge in [0.2, 0.25) is 5.91 Å². The van der Waals surface area contributed by atoms with Gasteiger partial charge in [-0.25, -0.2) is 0 Å². The molecule has 0 radical (unpaired) electrons. The Morgan fingerprint density at radius 3 is 2.62 bits per heavy atom. The van der Waals surface area contributed by atoms with Gasteiger partial charge in [-0.2, -0.15) is 0 Å². The van der Waals surface area contributed by atoms with Crippen LogP contribution in [0.5, 0.6) is 0 Å². The zero-order chi connectivity index (χ0) is 15.2. The van der Waals surface area contributed by atoms with Crippen LogP contribution in [0.2, 0.25) is 0 Å². The number of ether oxygens (including phenoxy) is 1. The molecular weight excluding hydrogens is 268 g/mol. The number of nitrogens with zero attached hydrogens (tertiary/aromatic N) is 1. The summed E-state index contributed by atoms with van der Waals surface area (Å²) in [7, 11) is 0. The molecule has 5 nitrogen and oxygen atoms in total. The van der Waals surface area contributed by atoms with E-state index in [4.69, 9.17) is 4.74 Å². The molecule has 2 aliphatic rings. The molecule has 5 heteroatoms. The van der Waals surface area contributed by atoms with Gasteiger partial charge in [-0.05, 0) is 46.1 Å². The Kier molecular flexibility index (Phi) is 6.03. The summed E-state index contributed by atoms with van der Waals surface area (Å²) in [6, 6.07) is 0.188. The average Bonchev–Trinajstić information content (AvgIpc) is 2.99. The van der Waals surface area contributed by atoms with E-state index in [-0.39, 0.29) is 23.8 Å². The third-order valence-electron chi connectivity index (χ3n) is 4.70. The third-order valence-corrected chi connectivity index (χ3v) is 4.70. The number of carbonyl (C=O) groups is 2. The van der Waals surface area contributed by atoms with Crippen molar-refractivity contribution in [2.45, 2.75) is 64.5 Å². The zero-order valence-electron chi connectivity index (χ0n) is 13.3. The number of carbonyl (C=O) groups excluding carboxylic acids is 2. The number of nitrogens with one attached hydrogen (secondary N) is 1. The number of amides is 1. The highest BCUT2D eigenvalue weighted by Crippen LogP contribution is 2.21. The number of rotatable bonds is 5. The van der Waals surface area contributed by atoms with Crippen LogP contribution in [0.15, 0.2) is 0 Å². The smallest absolute Gasteiger partial charge is 0.310 e. The normalized spacial score (nSPS) is 25.5. The van der Waals surface area contributed by atoms with Crippen molar-refractivity contribution in [2.75, 3.05) is 19.7 Å². The molecule has 2 atom stereocenters. The Balaban J connectivity index is 1.84. The second-order valence-electron chi connectivity index (χ2n) is 6.25. The molecule has 1 aliphatic carbocycles. The zero-order valence-corrected chi connectivity index (χ0v) is 13.3. The summed E-state index contributed by atoms with van der Waals surface area (Å²) >= 11 is 0. The molecule has 0 bridgehead atoms. The maximum absolute atomic E-state index is 12.3. The lowest BCUT2D eigenvalue weighted by Crippen LogP contribution is -2.51. The summed E-state index contributed by atoms with van der Waals surface area (Å²) in [5, 5.41) is 3.15. The van der Waals surface area contributed by atoms with E-state index in [1.807, 2.05) is 13.8 Å². The van der Waals surface area contributed by atoms with Crippen LogP contribution in [-0.4, -0.2) is 48.6 Å². The molecule has 1 unspecified atom stereocenters. The first-order chi connectivity index (χ1) is 10.1. The number of piperidine rings is 1. The van der Waals surface area contributed by atoms with E-state index in [0.29, 0.717) is 19.2 Å². The van der Waals surface area contributed by atoms with E-state index in [0.717, 1.165) is 32.2 Å². The highest BCUT2D eigenvalue weighted by molar-refractivity contribution is 5.81. The van der Waals surface area contributed by atoms with Crippen LogP contribution >= 0.6 is 0 Å². The van der Waals surface area contributed by atoms with Crippen molar-refractivity contribution in [2.24, 2.45) is 5.92 Å². The number of likely N-dealkylation sites (tertiary alicyclic amines) is 1. The van der Waals surface area contributed by atoms with Crippen LogP contribution in [0, 0.1) is 5.92 Å². The van der Waals surface area contributed by atoms with Crippen LogP contribution < -0.4 is 5.32 Å². The second-order valence-corrected chi connectivity index (χ2v) is 6.25. The molecule has 0 aromatic rings. The molecule has 21 heavy (non-hydrogen) atoms. The second kappa shape index (κ2) is 7.78. The van der Waals surface area contributed by atoms with Crippen LogP contribution in [0.4, 0.5) is 0 Å². The lowest BCUT2D eigenvalue weighted by molar-refractivity contribution is -0.151. The van der Waals surface area contributed by atoms with E-state index in [2.05, 4.69) is 10.2 Å². The van der Waals surface area contributed by atoms with Crippen LogP contribution in [0.3, 0.4) is 0 Å². The van der Waals surface area contributed by atoms with Crippen LogP contribution in [-0.2, 0) is 14.3 Å². The molecule has 120 valence electrons. The van der Waals surface area contributed by atoms with Crippen molar-refractivity contribution < 1.29 is 14.3 Å². The molecule has 1 amide bonds. The molecule has 0 aromatic carbocycles. The monoisotopic (exact) mass is 296 g/mol. The molecule has 1 N–H and O–H groups in total. The summed E-state index contributed by atoms with van der Waals surface area (Å²) in [5.41, 5.74) is 0. The van der Waals surface area contributed by atoms with E-state index in [9.17, 15) is 9.59 Å². The largest absolute Gasteiger partial charge is 0.466 e. The van der Waals surface area contributed by atoms with Gasteiger partial charge in [0.25, 0.3) is 0 Å². The van der Waals surface area contributed by atoms with Crippen molar-refractivity contribution in [1.29, 1.82) is 0 Å². The molecule has 0 aromatic heterocycles. The summed E-state index contributed by atoms with van der Waals surface area (Å²) in [4.78, 5) is 26.3. The lowest BCUT2D eigenvalue weighted by atomic mass is 9.97. The Morgan fingerprint density at radius 1 is 1.24 bits per heavy atom. The van der Waals surface area contributed by atoms with Crippen molar-refractivity contribution in [3.8, 4) is 0 Å². The fourth-order valence-corrected chi connectivity index (χ4v) is 3.37. The Hall–Kier alpha value is -1.10. The van der Waals surface area contributed by atoms with E-state index < -0.39 is 0 Å². The SMILES string of the molecule is CCOC(=O)[C@@H]1CCCN(C(C)C(=O)NC2CCCC2)C1. The molecule has 2 fully saturated rings. The van der Waals surface area contributed by atoms with Gasteiger partial charge in [0.15, 0.2) is 0 Å². The lowest BCUT2D eigenvalue weighted by Gasteiger charge is -2.35. The molecule has 1 saturated carbocycles. The number of hydrogen-bond acceptors (Lipinski definition) is 4. The molecule has 0 spiro atoms. The number of esters is 1. The van der Waals surface area contributed by atoms with E-state index in [1.165, 1.54) is 12.8 Å². The van der Waals surface area contributed by atoms with Gasteiger partial charge in [0.1, 0.15) is 0 Å². The minimum absolute atomic E-state index is 0.0829. The summed E-state index contributed by atoms with van der Waals surface area (Å²) in [5.74, 6) is -0.0996. The first-order valence-corrected chi connectivity index (χ1v) is 8.33. The van der Waals surface area contributed by atoms with Crippen LogP contribution in [0.25, 0.3) is 0 Å². The predicted molar refractivity (Wildman–Crippen MR) is 80.8 cm³/mol. The minimum Gasteiger partial charge on any atom is -0.466 e. The van der Waals surface area contributed by atoms with Crippen molar-refractivity contribution >= 4 is 11.9 Å². The van der Waals surface area contributed by atoms with Crippen LogP contribution in [0.1, 0.15) is 52.4 Å². The van der Waals surface area contributed by atoms with Crippen molar-refractivity contribution in [1.82, 2.24) is 10.2 Å². The molecular formula is C16H28N2O3. The fourth-order valence-electron chi connectivity index (χ4n) is 3.37. The third kappa shape index (κ3) is 4.43. The van der Waals surface area contributed by atoms with Gasteiger partial charge in [0, 0.05) is 12.6 Å². The summed E-state index contributed by atoms with van der Waals surface area (Å²) in [6.45, 7) is 5.72. The number of hydrogen-bond donors (Lipinski definition) is 1. The highest BCUT2D eigenvalue weighted by atomic mass is 16.5. The maximum Gasteiger partial charge on any atom is 0.310 e. The maximum atomic E-state index is 12.3. The van der Waals surface area contributed by atoms with Crippen molar-refractivity contribution in [3.05, 3.63) is 0 Å². The average molecular weight is 296 g/mol. The Morgan fingerprint density at radius 2 is 1.95 bits per heavy atom. The fraction of sp³-hybridized carbons (Fsp3) is 0.875. The van der Waals surface area contributed by atoms with Crippen molar-refractivity contribution in [3.63, 3.8) is 0 Å². The van der Waals surface area contributed by atoms with Gasteiger partial charge in [-0.15, -0.1) is 0 Å². The van der Waals surface area contributed by atoms with Gasteiger partial charge < -0.3 is 10.1 Å². The highest BCUT2D eigenvalue weighted by Gasteiger charge is 2.32.